The van der Waals surface area contributed by atoms with E-state index in [-0.39, 0.29) is 31.0 Å². The predicted molar refractivity (Wildman–Crippen MR) is 129 cm³/mol. The number of benzene rings is 2. The smallest absolute Gasteiger partial charge is 0.339 e. The minimum Gasteiger partial charge on any atom is -0.448 e. The molecular weight excluding hydrogens is 452 g/mol. The van der Waals surface area contributed by atoms with Gasteiger partial charge in [0.1, 0.15) is 5.82 Å². The molecule has 0 saturated heterocycles. The lowest BCUT2D eigenvalue weighted by atomic mass is 9.98. The molecule has 1 aromatic heterocycles. The molecular formula is C25H26N4O6. The number of carbonyl (C=O) groups is 2. The number of cyclic esters (lactones) is 1. The van der Waals surface area contributed by atoms with Gasteiger partial charge in [0.15, 0.2) is 11.8 Å². The molecule has 3 N–H and O–H groups in total. The Labute approximate surface area is 200 Å². The second-order valence-corrected chi connectivity index (χ2v) is 8.16. The molecule has 4 rings (SSSR count). The van der Waals surface area contributed by atoms with Crippen molar-refractivity contribution in [3.8, 4) is 0 Å². The number of aromatic nitrogens is 2. The Hall–Kier alpha value is -4.18. The molecule has 35 heavy (non-hydrogen) atoms. The molecule has 0 radical (unpaired) electrons. The normalized spacial score (nSPS) is 14.8. The van der Waals surface area contributed by atoms with E-state index in [9.17, 15) is 19.2 Å². The maximum absolute atomic E-state index is 13.6. The minimum atomic E-state index is -1.15. The monoisotopic (exact) mass is 478 g/mol. The molecule has 10 nitrogen and oxygen atoms in total. The Morgan fingerprint density at radius 2 is 1.86 bits per heavy atom. The predicted octanol–water partition coefficient (Wildman–Crippen LogP) is 1.32. The van der Waals surface area contributed by atoms with Crippen LogP contribution in [-0.4, -0.2) is 47.8 Å². The van der Waals surface area contributed by atoms with Gasteiger partial charge < -0.3 is 20.1 Å². The van der Waals surface area contributed by atoms with Gasteiger partial charge in [-0.05, 0) is 23.6 Å². The largest absolute Gasteiger partial charge is 0.448 e. The zero-order valence-corrected chi connectivity index (χ0v) is 19.2. The molecule has 0 saturated carbocycles. The van der Waals surface area contributed by atoms with E-state index < -0.39 is 29.2 Å². The van der Waals surface area contributed by atoms with Crippen molar-refractivity contribution in [3.63, 3.8) is 0 Å². The van der Waals surface area contributed by atoms with Crippen LogP contribution in [0.2, 0.25) is 0 Å². The first kappa shape index (κ1) is 24.0. The number of ether oxygens (including phenoxy) is 2. The van der Waals surface area contributed by atoms with Gasteiger partial charge in [-0.2, -0.15) is 0 Å². The number of H-pyrrole nitrogens is 1. The van der Waals surface area contributed by atoms with Crippen molar-refractivity contribution in [2.24, 2.45) is 0 Å². The first-order chi connectivity index (χ1) is 16.9. The Morgan fingerprint density at radius 3 is 2.60 bits per heavy atom. The molecule has 0 aliphatic carbocycles. The van der Waals surface area contributed by atoms with Crippen LogP contribution in [-0.2, 0) is 27.2 Å². The van der Waals surface area contributed by atoms with Gasteiger partial charge in [0.05, 0.1) is 12.1 Å². The quantitative estimate of drug-likeness (QED) is 0.368. The number of nitrogens with one attached hydrogen (secondary N) is 1. The molecule has 0 spiro atoms. The van der Waals surface area contributed by atoms with Crippen molar-refractivity contribution < 1.29 is 19.1 Å². The number of carbonyl (C=O) groups excluding carboxylic acids is 2. The molecule has 0 unspecified atom stereocenters. The van der Waals surface area contributed by atoms with Crippen LogP contribution in [0.3, 0.4) is 0 Å². The fourth-order valence-electron chi connectivity index (χ4n) is 4.10. The molecule has 3 aromatic rings. The Bertz CT molecular complexity index is 1350. The topological polar surface area (TPSA) is 137 Å². The highest BCUT2D eigenvalue weighted by molar-refractivity contribution is 6.02. The molecule has 1 aliphatic heterocycles. The van der Waals surface area contributed by atoms with Crippen LogP contribution in [0.1, 0.15) is 27.9 Å². The number of nitrogens with two attached hydrogens (primary N) is 1. The van der Waals surface area contributed by atoms with Gasteiger partial charge in [-0.1, -0.05) is 48.5 Å². The number of aromatic amines is 1. The number of anilines is 2. The number of hydrogen-bond acceptors (Lipinski definition) is 7. The summed E-state index contributed by atoms with van der Waals surface area (Å²) >= 11 is 0. The molecule has 0 bridgehead atoms. The van der Waals surface area contributed by atoms with Crippen LogP contribution in [0.15, 0.2) is 64.2 Å². The molecule has 182 valence electrons. The van der Waals surface area contributed by atoms with E-state index in [1.165, 1.54) is 16.6 Å². The number of nitrogen functional groups attached to an aromatic ring is 1. The fraction of sp³-hybridized carbons (Fsp3) is 0.280. The third kappa shape index (κ3) is 5.02. The molecule has 2 heterocycles. The maximum atomic E-state index is 13.6. The van der Waals surface area contributed by atoms with Gasteiger partial charge in [-0.3, -0.25) is 19.1 Å². The molecule has 2 aromatic carbocycles. The van der Waals surface area contributed by atoms with Crippen molar-refractivity contribution in [2.75, 3.05) is 30.9 Å². The lowest BCUT2D eigenvalue weighted by Gasteiger charge is -2.30. The van der Waals surface area contributed by atoms with Crippen LogP contribution in [0.25, 0.3) is 0 Å². The van der Waals surface area contributed by atoms with Gasteiger partial charge in [0, 0.05) is 26.7 Å². The van der Waals surface area contributed by atoms with Gasteiger partial charge in [0.25, 0.3) is 11.5 Å². The van der Waals surface area contributed by atoms with Gasteiger partial charge in [-0.15, -0.1) is 0 Å². The molecule has 1 amide bonds. The van der Waals surface area contributed by atoms with Crippen molar-refractivity contribution in [3.05, 3.63) is 92.1 Å². The van der Waals surface area contributed by atoms with Crippen LogP contribution in [0.5, 0.6) is 0 Å². The van der Waals surface area contributed by atoms with E-state index in [0.29, 0.717) is 24.2 Å². The van der Waals surface area contributed by atoms with Crippen LogP contribution in [0.4, 0.5) is 11.5 Å². The maximum Gasteiger partial charge on any atom is 0.339 e. The lowest BCUT2D eigenvalue weighted by Crippen LogP contribution is -2.48. The summed E-state index contributed by atoms with van der Waals surface area (Å²) in [7, 11) is 1.52. The van der Waals surface area contributed by atoms with Gasteiger partial charge >= 0.3 is 11.7 Å². The van der Waals surface area contributed by atoms with Crippen molar-refractivity contribution in [1.29, 1.82) is 0 Å². The summed E-state index contributed by atoms with van der Waals surface area (Å²) in [6.45, 7) is 0.485. The van der Waals surface area contributed by atoms with Crippen molar-refractivity contribution >= 4 is 23.4 Å². The first-order valence-electron chi connectivity index (χ1n) is 11.2. The first-order valence-corrected chi connectivity index (χ1v) is 11.2. The van der Waals surface area contributed by atoms with E-state index in [4.69, 9.17) is 15.2 Å². The zero-order valence-electron chi connectivity index (χ0n) is 19.2. The van der Waals surface area contributed by atoms with Crippen molar-refractivity contribution in [1.82, 2.24) is 9.55 Å². The van der Waals surface area contributed by atoms with Crippen LogP contribution in [0, 0.1) is 0 Å². The number of esters is 1. The van der Waals surface area contributed by atoms with Gasteiger partial charge in [0.2, 0.25) is 0 Å². The summed E-state index contributed by atoms with van der Waals surface area (Å²) < 4.78 is 11.7. The number of hydrogen-bond donors (Lipinski definition) is 2. The summed E-state index contributed by atoms with van der Waals surface area (Å²) in [6, 6.07) is 16.0. The van der Waals surface area contributed by atoms with Gasteiger partial charge in [-0.25, -0.2) is 9.59 Å². The average molecular weight is 479 g/mol. The average Bonchev–Trinajstić information content (AvgIpc) is 2.86. The zero-order chi connectivity index (χ0) is 24.9. The van der Waals surface area contributed by atoms with Crippen molar-refractivity contribution in [2.45, 2.75) is 25.5 Å². The number of methoxy groups -OCH3 is 1. The van der Waals surface area contributed by atoms with E-state index in [0.717, 1.165) is 5.56 Å². The Morgan fingerprint density at radius 1 is 1.14 bits per heavy atom. The fourth-order valence-corrected chi connectivity index (χ4v) is 4.10. The third-order valence-corrected chi connectivity index (χ3v) is 5.83. The second kappa shape index (κ2) is 10.4. The van der Waals surface area contributed by atoms with E-state index in [2.05, 4.69) is 4.98 Å². The number of rotatable bonds is 8. The lowest BCUT2D eigenvalue weighted by molar-refractivity contribution is -0.127. The van der Waals surface area contributed by atoms with E-state index in [1.54, 1.807) is 24.3 Å². The standard InChI is InChI=1S/C25H26N4O6/c1-34-13-7-12-28(23(31)19-14-17-10-5-6-11-18(17)24(32)35-19)20-21(26)29(25(33)27-22(20)30)15-16-8-3-2-4-9-16/h2-6,8-11,19H,7,12-15,26H2,1H3,(H,27,30,33)/t19-/m0/s1. The SMILES string of the molecule is COCCCN(C(=O)[C@@H]1Cc2ccccc2C(=O)O1)c1c(N)n(Cc2ccccc2)c(=O)[nH]c1=O. The Kier molecular flexibility index (Phi) is 7.11. The van der Waals surface area contributed by atoms with E-state index in [1.807, 2.05) is 30.3 Å². The number of nitrogens with zero attached hydrogens (tertiary/aromatic N) is 2. The Balaban J connectivity index is 1.73. The summed E-state index contributed by atoms with van der Waals surface area (Å²) in [5.41, 5.74) is 6.52. The molecule has 1 atom stereocenters. The molecule has 0 fully saturated rings. The number of amides is 1. The number of fused-ring (bicyclic) bond motifs is 1. The third-order valence-electron chi connectivity index (χ3n) is 5.83. The highest BCUT2D eigenvalue weighted by Gasteiger charge is 2.36. The summed E-state index contributed by atoms with van der Waals surface area (Å²) in [5, 5.41) is 0. The summed E-state index contributed by atoms with van der Waals surface area (Å²) in [5.74, 6) is -1.38. The highest BCUT2D eigenvalue weighted by atomic mass is 16.5. The minimum absolute atomic E-state index is 0.0686. The van der Waals surface area contributed by atoms with E-state index >= 15 is 0 Å². The highest BCUT2D eigenvalue weighted by Crippen LogP contribution is 2.25. The molecule has 10 heteroatoms. The summed E-state index contributed by atoms with van der Waals surface area (Å²) in [4.78, 5) is 55.1. The van der Waals surface area contributed by atoms with Crippen LogP contribution < -0.4 is 21.9 Å². The van der Waals surface area contributed by atoms with Crippen LogP contribution >= 0.6 is 0 Å². The molecule has 1 aliphatic rings. The second-order valence-electron chi connectivity index (χ2n) is 8.16. The summed E-state index contributed by atoms with van der Waals surface area (Å²) in [6.07, 6.45) is -0.604.